The van der Waals surface area contributed by atoms with Crippen LogP contribution in [0.25, 0.3) is 10.6 Å². The zero-order valence-electron chi connectivity index (χ0n) is 14.2. The van der Waals surface area contributed by atoms with Gasteiger partial charge in [-0.15, -0.1) is 24.0 Å². The zero-order valence-corrected chi connectivity index (χ0v) is 15.9. The Kier molecular flexibility index (Phi) is 10.9. The molecule has 1 aromatic carbocycles. The number of aryl methyl sites for hydroxylation is 2. The SMILES string of the molecule is Cc1ccc(S)cc1.Cc1sc(-c2ccncc2)nc1CCO.O.O. The van der Waals surface area contributed by atoms with E-state index in [1.807, 2.05) is 43.3 Å². The summed E-state index contributed by atoms with van der Waals surface area (Å²) < 4.78 is 0. The number of aliphatic hydroxyl groups excluding tert-OH is 1. The minimum Gasteiger partial charge on any atom is -0.412 e. The fourth-order valence-electron chi connectivity index (χ4n) is 1.93. The predicted molar refractivity (Wildman–Crippen MR) is 107 cm³/mol. The molecule has 0 fully saturated rings. The fourth-order valence-corrected chi connectivity index (χ4v) is 3.04. The van der Waals surface area contributed by atoms with Crippen molar-refractivity contribution in [2.45, 2.75) is 25.2 Å². The second-order valence-corrected chi connectivity index (χ2v) is 6.79. The topological polar surface area (TPSA) is 109 Å². The third-order valence-electron chi connectivity index (χ3n) is 3.20. The Hall–Kier alpha value is -1.77. The van der Waals surface area contributed by atoms with Gasteiger partial charge in [0.05, 0.1) is 5.69 Å². The molecule has 25 heavy (non-hydrogen) atoms. The molecule has 5 N–H and O–H groups in total. The van der Waals surface area contributed by atoms with E-state index in [9.17, 15) is 0 Å². The van der Waals surface area contributed by atoms with Gasteiger partial charge in [0.2, 0.25) is 0 Å². The normalized spacial score (nSPS) is 9.28. The highest BCUT2D eigenvalue weighted by Crippen LogP contribution is 2.27. The third-order valence-corrected chi connectivity index (χ3v) is 4.56. The Balaban J connectivity index is 0.000000497. The lowest BCUT2D eigenvalue weighted by Gasteiger charge is -1.93. The molecule has 2 heterocycles. The highest BCUT2D eigenvalue weighted by atomic mass is 32.1. The second kappa shape index (κ2) is 11.7. The minimum atomic E-state index is 0. The van der Waals surface area contributed by atoms with Crippen molar-refractivity contribution in [3.63, 3.8) is 0 Å². The summed E-state index contributed by atoms with van der Waals surface area (Å²) in [5.41, 5.74) is 3.36. The van der Waals surface area contributed by atoms with E-state index in [0.29, 0.717) is 6.42 Å². The van der Waals surface area contributed by atoms with Crippen LogP contribution in [0.3, 0.4) is 0 Å². The van der Waals surface area contributed by atoms with Crippen LogP contribution in [0.2, 0.25) is 0 Å². The molecule has 0 aliphatic carbocycles. The van der Waals surface area contributed by atoms with Crippen LogP contribution in [-0.4, -0.2) is 32.6 Å². The average Bonchev–Trinajstić information content (AvgIpc) is 2.93. The van der Waals surface area contributed by atoms with E-state index in [4.69, 9.17) is 5.11 Å². The van der Waals surface area contributed by atoms with Crippen LogP contribution >= 0.6 is 24.0 Å². The first-order valence-electron chi connectivity index (χ1n) is 7.33. The Morgan fingerprint density at radius 3 is 2.12 bits per heavy atom. The molecule has 0 amide bonds. The van der Waals surface area contributed by atoms with E-state index in [1.165, 1.54) is 10.4 Å². The lowest BCUT2D eigenvalue weighted by Crippen LogP contribution is -1.92. The van der Waals surface area contributed by atoms with Crippen molar-refractivity contribution in [2.75, 3.05) is 6.61 Å². The van der Waals surface area contributed by atoms with Crippen LogP contribution in [0.1, 0.15) is 16.1 Å². The molecule has 3 aromatic rings. The average molecular weight is 381 g/mol. The maximum atomic E-state index is 8.88. The minimum absolute atomic E-state index is 0. The summed E-state index contributed by atoms with van der Waals surface area (Å²) in [6.07, 6.45) is 4.16. The van der Waals surface area contributed by atoms with Crippen molar-refractivity contribution in [1.29, 1.82) is 0 Å². The largest absolute Gasteiger partial charge is 0.412 e. The van der Waals surface area contributed by atoms with Crippen molar-refractivity contribution in [3.8, 4) is 10.6 Å². The molecule has 0 atom stereocenters. The van der Waals surface area contributed by atoms with Gasteiger partial charge < -0.3 is 16.1 Å². The van der Waals surface area contributed by atoms with E-state index >= 15 is 0 Å². The molecule has 0 spiro atoms. The van der Waals surface area contributed by atoms with Gasteiger partial charge in [0, 0.05) is 40.8 Å². The van der Waals surface area contributed by atoms with Crippen LogP contribution in [0.4, 0.5) is 0 Å². The molecule has 0 bridgehead atoms. The molecule has 3 rings (SSSR count). The van der Waals surface area contributed by atoms with Gasteiger partial charge in [0.15, 0.2) is 0 Å². The Labute approximate surface area is 157 Å². The van der Waals surface area contributed by atoms with Gasteiger partial charge in [0.1, 0.15) is 5.01 Å². The van der Waals surface area contributed by atoms with Crippen molar-refractivity contribution >= 4 is 24.0 Å². The summed E-state index contributed by atoms with van der Waals surface area (Å²) in [7, 11) is 0. The molecular weight excluding hydrogens is 356 g/mol. The summed E-state index contributed by atoms with van der Waals surface area (Å²) in [6, 6.07) is 11.9. The highest BCUT2D eigenvalue weighted by Gasteiger charge is 2.08. The molecule has 0 saturated heterocycles. The van der Waals surface area contributed by atoms with Gasteiger partial charge in [-0.1, -0.05) is 17.7 Å². The summed E-state index contributed by atoms with van der Waals surface area (Å²) in [5, 5.41) is 9.88. The number of aliphatic hydroxyl groups is 1. The maximum Gasteiger partial charge on any atom is 0.123 e. The Bertz CT molecular complexity index is 711. The van der Waals surface area contributed by atoms with Crippen LogP contribution in [0.5, 0.6) is 0 Å². The molecule has 136 valence electrons. The van der Waals surface area contributed by atoms with E-state index in [1.54, 1.807) is 23.7 Å². The smallest absolute Gasteiger partial charge is 0.123 e. The summed E-state index contributed by atoms with van der Waals surface area (Å²) in [4.78, 5) is 10.7. The van der Waals surface area contributed by atoms with Crippen molar-refractivity contribution in [1.82, 2.24) is 9.97 Å². The molecule has 0 unspecified atom stereocenters. The lowest BCUT2D eigenvalue weighted by molar-refractivity contribution is 0.298. The second-order valence-electron chi connectivity index (χ2n) is 5.07. The van der Waals surface area contributed by atoms with Gasteiger partial charge in [-0.25, -0.2) is 4.98 Å². The summed E-state index contributed by atoms with van der Waals surface area (Å²) in [6.45, 7) is 4.25. The summed E-state index contributed by atoms with van der Waals surface area (Å²) >= 11 is 5.79. The number of rotatable bonds is 3. The number of benzene rings is 1. The number of thiazole rings is 1. The fraction of sp³-hybridized carbons (Fsp3) is 0.222. The van der Waals surface area contributed by atoms with Crippen molar-refractivity contribution in [3.05, 3.63) is 64.9 Å². The summed E-state index contributed by atoms with van der Waals surface area (Å²) in [5.74, 6) is 0. The number of hydrogen-bond acceptors (Lipinski definition) is 5. The number of hydrogen-bond donors (Lipinski definition) is 2. The van der Waals surface area contributed by atoms with Gasteiger partial charge >= 0.3 is 0 Å². The van der Waals surface area contributed by atoms with E-state index in [2.05, 4.69) is 29.5 Å². The first-order valence-corrected chi connectivity index (χ1v) is 8.59. The molecular formula is C18H24N2O3S2. The number of aromatic nitrogens is 2. The Morgan fingerprint density at radius 2 is 1.60 bits per heavy atom. The van der Waals surface area contributed by atoms with Gasteiger partial charge in [-0.2, -0.15) is 0 Å². The molecule has 7 heteroatoms. The Morgan fingerprint density at radius 1 is 1.00 bits per heavy atom. The van der Waals surface area contributed by atoms with Crippen LogP contribution in [0.15, 0.2) is 53.7 Å². The zero-order chi connectivity index (χ0) is 16.7. The van der Waals surface area contributed by atoms with Crippen molar-refractivity contribution in [2.24, 2.45) is 0 Å². The van der Waals surface area contributed by atoms with E-state index < -0.39 is 0 Å². The molecule has 0 aliphatic heterocycles. The van der Waals surface area contributed by atoms with Crippen molar-refractivity contribution < 1.29 is 16.1 Å². The molecule has 0 radical (unpaired) electrons. The number of pyridine rings is 1. The first-order chi connectivity index (χ1) is 11.1. The van der Waals surface area contributed by atoms with Gasteiger partial charge in [0.25, 0.3) is 0 Å². The molecule has 0 aliphatic rings. The van der Waals surface area contributed by atoms with E-state index in [0.717, 1.165) is 21.2 Å². The standard InChI is InChI=1S/C11H12N2OS.C7H8S.2H2O/c1-8-10(4-7-14)13-11(15-8)9-2-5-12-6-3-9;1-6-2-4-7(8)5-3-6;;/h2-3,5-6,14H,4,7H2,1H3;2-5,8H,1H3;2*1H2. The molecule has 2 aromatic heterocycles. The van der Waals surface area contributed by atoms with Crippen LogP contribution in [-0.2, 0) is 6.42 Å². The maximum absolute atomic E-state index is 8.88. The predicted octanol–water partition coefficient (Wildman–Crippen LogP) is 2.68. The quantitative estimate of drug-likeness (QED) is 0.682. The lowest BCUT2D eigenvalue weighted by atomic mass is 10.2. The third kappa shape index (κ3) is 7.33. The monoisotopic (exact) mass is 380 g/mol. The molecule has 0 saturated carbocycles. The first kappa shape index (κ1) is 23.2. The van der Waals surface area contributed by atoms with Gasteiger partial charge in [-0.05, 0) is 38.1 Å². The van der Waals surface area contributed by atoms with E-state index in [-0.39, 0.29) is 17.6 Å². The van der Waals surface area contributed by atoms with Crippen LogP contribution in [0, 0.1) is 13.8 Å². The van der Waals surface area contributed by atoms with Gasteiger partial charge in [-0.3, -0.25) is 4.98 Å². The molecule has 5 nitrogen and oxygen atoms in total. The highest BCUT2D eigenvalue weighted by molar-refractivity contribution is 7.80. The number of nitrogens with zero attached hydrogens (tertiary/aromatic N) is 2. The van der Waals surface area contributed by atoms with Crippen LogP contribution < -0.4 is 0 Å². The number of thiol groups is 1.